The molecule has 1 aromatic rings. The number of rotatable bonds is 6. The molecular weight excluding hydrogens is 230 g/mol. The summed E-state index contributed by atoms with van der Waals surface area (Å²) >= 11 is 0. The number of hydrogen-bond acceptors (Lipinski definition) is 3. The number of benzene rings is 1. The third-order valence-electron chi connectivity index (χ3n) is 2.76. The summed E-state index contributed by atoms with van der Waals surface area (Å²) in [5.41, 5.74) is 2.02. The molecule has 18 heavy (non-hydrogen) atoms. The highest BCUT2D eigenvalue weighted by atomic mass is 16.5. The van der Waals surface area contributed by atoms with Crippen molar-refractivity contribution in [1.29, 1.82) is 0 Å². The topological polar surface area (TPSA) is 58.6 Å². The Morgan fingerprint density at radius 2 is 2.00 bits per heavy atom. The van der Waals surface area contributed by atoms with Crippen LogP contribution in [0.3, 0.4) is 0 Å². The van der Waals surface area contributed by atoms with Gasteiger partial charge in [0.05, 0.1) is 6.10 Å². The summed E-state index contributed by atoms with van der Waals surface area (Å²) in [4.78, 5) is 11.5. The van der Waals surface area contributed by atoms with Crippen molar-refractivity contribution in [2.24, 2.45) is 0 Å². The summed E-state index contributed by atoms with van der Waals surface area (Å²) in [7, 11) is 0. The van der Waals surface area contributed by atoms with Crippen LogP contribution < -0.4 is 10.1 Å². The van der Waals surface area contributed by atoms with Gasteiger partial charge in [0.2, 0.25) is 0 Å². The second-order valence-electron chi connectivity index (χ2n) is 4.38. The Bertz CT molecular complexity index is 384. The number of para-hydroxylation sites is 1. The molecule has 4 nitrogen and oxygen atoms in total. The summed E-state index contributed by atoms with van der Waals surface area (Å²) in [6.45, 7) is 6.00. The summed E-state index contributed by atoms with van der Waals surface area (Å²) < 4.78 is 5.50. The van der Waals surface area contributed by atoms with Crippen LogP contribution in [0.25, 0.3) is 0 Å². The van der Waals surface area contributed by atoms with Crippen LogP contribution in [0.5, 0.6) is 5.75 Å². The second kappa shape index (κ2) is 7.01. The van der Waals surface area contributed by atoms with Crippen LogP contribution in [0.2, 0.25) is 0 Å². The standard InChI is InChI=1S/C14H21NO3/c1-4-12(16)8-15-13(17)9-18-14-10(2)6-5-7-11(14)3/h5-7,12,16H,4,8-9H2,1-3H3,(H,15,17). The minimum Gasteiger partial charge on any atom is -0.483 e. The summed E-state index contributed by atoms with van der Waals surface area (Å²) in [5.74, 6) is 0.536. The molecule has 1 atom stereocenters. The molecule has 0 saturated carbocycles. The molecule has 0 radical (unpaired) electrons. The molecule has 0 aliphatic rings. The van der Waals surface area contributed by atoms with Gasteiger partial charge in [-0.3, -0.25) is 4.79 Å². The van der Waals surface area contributed by atoms with Gasteiger partial charge in [0, 0.05) is 6.54 Å². The lowest BCUT2D eigenvalue weighted by atomic mass is 10.1. The number of carbonyl (C=O) groups is 1. The molecule has 0 bridgehead atoms. The fraction of sp³-hybridized carbons (Fsp3) is 0.500. The Hall–Kier alpha value is -1.55. The molecule has 0 fully saturated rings. The highest BCUT2D eigenvalue weighted by Crippen LogP contribution is 2.21. The molecular formula is C14H21NO3. The fourth-order valence-corrected chi connectivity index (χ4v) is 1.59. The third kappa shape index (κ3) is 4.37. The quantitative estimate of drug-likeness (QED) is 0.807. The van der Waals surface area contributed by atoms with Gasteiger partial charge in [0.15, 0.2) is 6.61 Å². The Balaban J connectivity index is 2.43. The van der Waals surface area contributed by atoms with Gasteiger partial charge in [0.25, 0.3) is 5.91 Å². The van der Waals surface area contributed by atoms with E-state index in [-0.39, 0.29) is 19.1 Å². The highest BCUT2D eigenvalue weighted by Gasteiger charge is 2.08. The zero-order valence-electron chi connectivity index (χ0n) is 11.2. The van der Waals surface area contributed by atoms with Crippen molar-refractivity contribution in [2.45, 2.75) is 33.3 Å². The Morgan fingerprint density at radius 3 is 2.56 bits per heavy atom. The lowest BCUT2D eigenvalue weighted by Gasteiger charge is -2.13. The second-order valence-corrected chi connectivity index (χ2v) is 4.38. The van der Waals surface area contributed by atoms with Crippen LogP contribution in [0.15, 0.2) is 18.2 Å². The first-order valence-corrected chi connectivity index (χ1v) is 6.18. The van der Waals surface area contributed by atoms with E-state index in [9.17, 15) is 9.90 Å². The first-order valence-electron chi connectivity index (χ1n) is 6.18. The lowest BCUT2D eigenvalue weighted by Crippen LogP contribution is -2.35. The van der Waals surface area contributed by atoms with Gasteiger partial charge in [-0.1, -0.05) is 25.1 Å². The number of aliphatic hydroxyl groups is 1. The van der Waals surface area contributed by atoms with Crippen molar-refractivity contribution in [3.63, 3.8) is 0 Å². The van der Waals surface area contributed by atoms with Crippen LogP contribution in [-0.4, -0.2) is 30.3 Å². The molecule has 0 aromatic heterocycles. The van der Waals surface area contributed by atoms with Gasteiger partial charge in [0.1, 0.15) is 5.75 Å². The SMILES string of the molecule is CCC(O)CNC(=O)COc1c(C)cccc1C. The van der Waals surface area contributed by atoms with Crippen molar-refractivity contribution in [3.05, 3.63) is 29.3 Å². The summed E-state index contributed by atoms with van der Waals surface area (Å²) in [5, 5.41) is 12.0. The molecule has 1 rings (SSSR count). The zero-order chi connectivity index (χ0) is 13.5. The van der Waals surface area contributed by atoms with E-state index in [2.05, 4.69) is 5.32 Å². The minimum absolute atomic E-state index is 0.0257. The van der Waals surface area contributed by atoms with E-state index in [1.165, 1.54) is 0 Å². The zero-order valence-corrected chi connectivity index (χ0v) is 11.2. The van der Waals surface area contributed by atoms with Gasteiger partial charge in [-0.2, -0.15) is 0 Å². The van der Waals surface area contributed by atoms with Crippen molar-refractivity contribution in [2.75, 3.05) is 13.2 Å². The van der Waals surface area contributed by atoms with Gasteiger partial charge in [-0.15, -0.1) is 0 Å². The molecule has 0 heterocycles. The van der Waals surface area contributed by atoms with Gasteiger partial charge in [-0.05, 0) is 31.4 Å². The molecule has 2 N–H and O–H groups in total. The molecule has 4 heteroatoms. The predicted molar refractivity (Wildman–Crippen MR) is 70.7 cm³/mol. The van der Waals surface area contributed by atoms with Crippen LogP contribution in [-0.2, 0) is 4.79 Å². The van der Waals surface area contributed by atoms with E-state index in [0.29, 0.717) is 6.42 Å². The smallest absolute Gasteiger partial charge is 0.258 e. The maximum Gasteiger partial charge on any atom is 0.258 e. The number of aryl methyl sites for hydroxylation is 2. The van der Waals surface area contributed by atoms with E-state index in [4.69, 9.17) is 4.74 Å². The predicted octanol–water partition coefficient (Wildman–Crippen LogP) is 1.57. The monoisotopic (exact) mass is 251 g/mol. The number of ether oxygens (including phenoxy) is 1. The third-order valence-corrected chi connectivity index (χ3v) is 2.76. The molecule has 0 aliphatic carbocycles. The maximum absolute atomic E-state index is 11.5. The van der Waals surface area contributed by atoms with Crippen LogP contribution in [0.1, 0.15) is 24.5 Å². The van der Waals surface area contributed by atoms with Crippen molar-refractivity contribution >= 4 is 5.91 Å². The average Bonchev–Trinajstić information content (AvgIpc) is 2.35. The molecule has 1 aromatic carbocycles. The molecule has 100 valence electrons. The summed E-state index contributed by atoms with van der Waals surface area (Å²) in [6, 6.07) is 5.84. The normalized spacial score (nSPS) is 12.0. The number of carbonyl (C=O) groups excluding carboxylic acids is 1. The van der Waals surface area contributed by atoms with Crippen LogP contribution in [0.4, 0.5) is 0 Å². The number of aliphatic hydroxyl groups excluding tert-OH is 1. The van der Waals surface area contributed by atoms with Crippen LogP contribution >= 0.6 is 0 Å². The lowest BCUT2D eigenvalue weighted by molar-refractivity contribution is -0.123. The van der Waals surface area contributed by atoms with Crippen molar-refractivity contribution < 1.29 is 14.6 Å². The van der Waals surface area contributed by atoms with Crippen molar-refractivity contribution in [3.8, 4) is 5.75 Å². The van der Waals surface area contributed by atoms with Gasteiger partial charge >= 0.3 is 0 Å². The minimum atomic E-state index is -0.492. The average molecular weight is 251 g/mol. The molecule has 1 unspecified atom stereocenters. The first kappa shape index (κ1) is 14.5. The molecule has 0 spiro atoms. The van der Waals surface area contributed by atoms with Gasteiger partial charge in [-0.25, -0.2) is 0 Å². The van der Waals surface area contributed by atoms with Gasteiger partial charge < -0.3 is 15.2 Å². The highest BCUT2D eigenvalue weighted by molar-refractivity contribution is 5.77. The van der Waals surface area contributed by atoms with Crippen LogP contribution in [0, 0.1) is 13.8 Å². The van der Waals surface area contributed by atoms with E-state index < -0.39 is 6.10 Å². The van der Waals surface area contributed by atoms with E-state index in [0.717, 1.165) is 16.9 Å². The van der Waals surface area contributed by atoms with E-state index in [1.54, 1.807) is 0 Å². The molecule has 0 saturated heterocycles. The number of amides is 1. The Kier molecular flexibility index (Phi) is 5.65. The number of nitrogens with one attached hydrogen (secondary N) is 1. The maximum atomic E-state index is 11.5. The van der Waals surface area contributed by atoms with Crippen molar-refractivity contribution in [1.82, 2.24) is 5.32 Å². The van der Waals surface area contributed by atoms with E-state index >= 15 is 0 Å². The largest absolute Gasteiger partial charge is 0.483 e. The Morgan fingerprint density at radius 1 is 1.39 bits per heavy atom. The fourth-order valence-electron chi connectivity index (χ4n) is 1.59. The molecule has 0 aliphatic heterocycles. The Labute approximate surface area is 108 Å². The summed E-state index contributed by atoms with van der Waals surface area (Å²) in [6.07, 6.45) is 0.132. The van der Waals surface area contributed by atoms with E-state index in [1.807, 2.05) is 39.0 Å². The first-order chi connectivity index (χ1) is 8.54. The molecule has 1 amide bonds. The number of hydrogen-bond donors (Lipinski definition) is 2.